The molecule has 130 valence electrons. The molecule has 1 aromatic heterocycles. The number of carbonyl (C=O) groups excluding carboxylic acids is 2. The largest absolute Gasteiger partial charge is 0.381 e. The molecule has 0 radical (unpaired) electrons. The monoisotopic (exact) mass is 333 g/mol. The van der Waals surface area contributed by atoms with E-state index in [0.717, 1.165) is 18.6 Å². The summed E-state index contributed by atoms with van der Waals surface area (Å²) in [6.45, 7) is 8.12. The number of nitrogens with one attached hydrogen (secondary N) is 1. The number of hydrogen-bond acceptors (Lipinski definition) is 5. The standard InChI is InChI=1S/C17H23N3O4/c1-3-16(21)20-9-13(10-20)11(2)18-17(22)14-8-15(24-19-14)12-4-6-23-7-5-12/h3,8,11-13H,1,4-7,9-10H2,2H3,(H,18,22). The van der Waals surface area contributed by atoms with E-state index in [0.29, 0.717) is 32.0 Å². The number of likely N-dealkylation sites (tertiary alicyclic amines) is 1. The van der Waals surface area contributed by atoms with Crippen molar-refractivity contribution in [3.63, 3.8) is 0 Å². The smallest absolute Gasteiger partial charge is 0.273 e. The van der Waals surface area contributed by atoms with Crippen molar-refractivity contribution in [3.8, 4) is 0 Å². The number of rotatable bonds is 5. The Morgan fingerprint density at radius 3 is 2.79 bits per heavy atom. The highest BCUT2D eigenvalue weighted by atomic mass is 16.5. The fraction of sp³-hybridized carbons (Fsp3) is 0.588. The molecule has 1 unspecified atom stereocenters. The van der Waals surface area contributed by atoms with Gasteiger partial charge in [-0.15, -0.1) is 0 Å². The van der Waals surface area contributed by atoms with Gasteiger partial charge in [-0.3, -0.25) is 9.59 Å². The lowest BCUT2D eigenvalue weighted by Gasteiger charge is -2.41. The van der Waals surface area contributed by atoms with Gasteiger partial charge in [0.05, 0.1) is 0 Å². The van der Waals surface area contributed by atoms with Crippen molar-refractivity contribution in [2.45, 2.75) is 31.7 Å². The fourth-order valence-corrected chi connectivity index (χ4v) is 3.11. The second-order valence-electron chi connectivity index (χ2n) is 6.47. The molecule has 2 amide bonds. The van der Waals surface area contributed by atoms with E-state index in [-0.39, 0.29) is 29.7 Å². The van der Waals surface area contributed by atoms with Gasteiger partial charge in [-0.05, 0) is 25.8 Å². The SMILES string of the molecule is C=CC(=O)N1CC(C(C)NC(=O)c2cc(C3CCOCC3)on2)C1. The van der Waals surface area contributed by atoms with Gasteiger partial charge in [-0.1, -0.05) is 11.7 Å². The van der Waals surface area contributed by atoms with Gasteiger partial charge in [-0.2, -0.15) is 0 Å². The van der Waals surface area contributed by atoms with E-state index in [4.69, 9.17) is 9.26 Å². The molecule has 3 rings (SSSR count). The summed E-state index contributed by atoms with van der Waals surface area (Å²) in [5.41, 5.74) is 0.307. The molecule has 0 aliphatic carbocycles. The van der Waals surface area contributed by atoms with Crippen LogP contribution in [0.2, 0.25) is 0 Å². The van der Waals surface area contributed by atoms with E-state index in [1.54, 1.807) is 11.0 Å². The van der Waals surface area contributed by atoms with Gasteiger partial charge >= 0.3 is 0 Å². The molecule has 2 fully saturated rings. The molecule has 2 aliphatic heterocycles. The summed E-state index contributed by atoms with van der Waals surface area (Å²) in [6, 6.07) is 1.70. The van der Waals surface area contributed by atoms with Crippen molar-refractivity contribution in [1.29, 1.82) is 0 Å². The maximum absolute atomic E-state index is 12.3. The van der Waals surface area contributed by atoms with Crippen LogP contribution in [0.5, 0.6) is 0 Å². The normalized spacial score (nSPS) is 20.3. The Morgan fingerprint density at radius 2 is 2.12 bits per heavy atom. The number of carbonyl (C=O) groups is 2. The van der Waals surface area contributed by atoms with Gasteiger partial charge < -0.3 is 19.5 Å². The van der Waals surface area contributed by atoms with Crippen molar-refractivity contribution >= 4 is 11.8 Å². The van der Waals surface area contributed by atoms with E-state index in [2.05, 4.69) is 17.1 Å². The second kappa shape index (κ2) is 7.17. The van der Waals surface area contributed by atoms with Gasteiger partial charge in [0.2, 0.25) is 5.91 Å². The molecule has 0 saturated carbocycles. The maximum atomic E-state index is 12.3. The van der Waals surface area contributed by atoms with Crippen molar-refractivity contribution < 1.29 is 18.8 Å². The lowest BCUT2D eigenvalue weighted by atomic mass is 9.92. The maximum Gasteiger partial charge on any atom is 0.273 e. The summed E-state index contributed by atoms with van der Waals surface area (Å²) < 4.78 is 10.7. The van der Waals surface area contributed by atoms with Crippen LogP contribution in [-0.2, 0) is 9.53 Å². The summed E-state index contributed by atoms with van der Waals surface area (Å²) in [5, 5.41) is 6.84. The Balaban J connectivity index is 1.51. The molecular formula is C17H23N3O4. The quantitative estimate of drug-likeness (QED) is 0.822. The fourth-order valence-electron chi connectivity index (χ4n) is 3.11. The summed E-state index contributed by atoms with van der Waals surface area (Å²) in [4.78, 5) is 25.5. The summed E-state index contributed by atoms with van der Waals surface area (Å²) in [7, 11) is 0. The Bertz CT molecular complexity index is 615. The van der Waals surface area contributed by atoms with Gasteiger partial charge in [-0.25, -0.2) is 0 Å². The Kier molecular flexibility index (Phi) is 4.99. The molecule has 1 aromatic rings. The van der Waals surface area contributed by atoms with Crippen molar-refractivity contribution in [2.75, 3.05) is 26.3 Å². The van der Waals surface area contributed by atoms with E-state index >= 15 is 0 Å². The number of hydrogen-bond donors (Lipinski definition) is 1. The summed E-state index contributed by atoms with van der Waals surface area (Å²) in [5.74, 6) is 0.970. The van der Waals surface area contributed by atoms with Gasteiger partial charge in [0.25, 0.3) is 5.91 Å². The Labute approximate surface area is 141 Å². The van der Waals surface area contributed by atoms with Crippen LogP contribution in [0.3, 0.4) is 0 Å². The van der Waals surface area contributed by atoms with E-state index in [1.165, 1.54) is 6.08 Å². The molecule has 0 aromatic carbocycles. The number of amides is 2. The van der Waals surface area contributed by atoms with Crippen LogP contribution in [0.25, 0.3) is 0 Å². The molecule has 24 heavy (non-hydrogen) atoms. The highest BCUT2D eigenvalue weighted by molar-refractivity contribution is 5.92. The highest BCUT2D eigenvalue weighted by Crippen LogP contribution is 2.27. The van der Waals surface area contributed by atoms with Crippen LogP contribution in [0.4, 0.5) is 0 Å². The third kappa shape index (κ3) is 3.51. The molecule has 1 N–H and O–H groups in total. The molecule has 7 nitrogen and oxygen atoms in total. The molecule has 0 bridgehead atoms. The van der Waals surface area contributed by atoms with Crippen LogP contribution in [-0.4, -0.2) is 54.2 Å². The molecule has 2 saturated heterocycles. The first kappa shape index (κ1) is 16.7. The lowest BCUT2D eigenvalue weighted by molar-refractivity contribution is -0.132. The average molecular weight is 333 g/mol. The minimum atomic E-state index is -0.238. The first-order valence-corrected chi connectivity index (χ1v) is 8.35. The third-order valence-corrected chi connectivity index (χ3v) is 4.85. The molecule has 3 heterocycles. The minimum absolute atomic E-state index is 0.0328. The van der Waals surface area contributed by atoms with E-state index in [1.807, 2.05) is 6.92 Å². The minimum Gasteiger partial charge on any atom is -0.381 e. The van der Waals surface area contributed by atoms with Crippen molar-refractivity contribution in [1.82, 2.24) is 15.4 Å². The Morgan fingerprint density at radius 1 is 1.42 bits per heavy atom. The summed E-state index contributed by atoms with van der Waals surface area (Å²) >= 11 is 0. The molecule has 0 spiro atoms. The number of ether oxygens (including phenoxy) is 1. The molecule has 2 aliphatic rings. The topological polar surface area (TPSA) is 84.7 Å². The summed E-state index contributed by atoms with van der Waals surface area (Å²) in [6.07, 6.45) is 3.09. The first-order chi connectivity index (χ1) is 11.6. The first-order valence-electron chi connectivity index (χ1n) is 8.35. The van der Waals surface area contributed by atoms with Gasteiger partial charge in [0.15, 0.2) is 5.69 Å². The van der Waals surface area contributed by atoms with Crippen LogP contribution in [0.1, 0.15) is 41.9 Å². The van der Waals surface area contributed by atoms with Crippen LogP contribution in [0, 0.1) is 5.92 Å². The van der Waals surface area contributed by atoms with Crippen molar-refractivity contribution in [3.05, 3.63) is 30.2 Å². The number of aromatic nitrogens is 1. The second-order valence-corrected chi connectivity index (χ2v) is 6.47. The van der Waals surface area contributed by atoms with Crippen LogP contribution in [0.15, 0.2) is 23.2 Å². The predicted octanol–water partition coefficient (Wildman–Crippen LogP) is 1.33. The van der Waals surface area contributed by atoms with E-state index < -0.39 is 0 Å². The predicted molar refractivity (Wildman–Crippen MR) is 86.5 cm³/mol. The van der Waals surface area contributed by atoms with Crippen LogP contribution < -0.4 is 5.32 Å². The highest BCUT2D eigenvalue weighted by Gasteiger charge is 2.34. The third-order valence-electron chi connectivity index (χ3n) is 4.85. The zero-order valence-corrected chi connectivity index (χ0v) is 13.9. The van der Waals surface area contributed by atoms with Gasteiger partial charge in [0.1, 0.15) is 5.76 Å². The molecule has 7 heteroatoms. The average Bonchev–Trinajstić information content (AvgIpc) is 3.04. The van der Waals surface area contributed by atoms with E-state index in [9.17, 15) is 9.59 Å². The lowest BCUT2D eigenvalue weighted by Crippen LogP contribution is -2.57. The molecule has 1 atom stereocenters. The van der Waals surface area contributed by atoms with Crippen LogP contribution >= 0.6 is 0 Å². The number of nitrogens with zero attached hydrogens (tertiary/aromatic N) is 2. The van der Waals surface area contributed by atoms with Gasteiger partial charge in [0, 0.05) is 50.2 Å². The zero-order valence-electron chi connectivity index (χ0n) is 13.9. The molecular weight excluding hydrogens is 310 g/mol. The Hall–Kier alpha value is -2.15. The zero-order chi connectivity index (χ0) is 17.1. The van der Waals surface area contributed by atoms with Crippen molar-refractivity contribution in [2.24, 2.45) is 5.92 Å².